The van der Waals surface area contributed by atoms with Gasteiger partial charge in [-0.25, -0.2) is 9.78 Å². The minimum absolute atomic E-state index is 0.0324. The molecule has 1 aromatic carbocycles. The highest BCUT2D eigenvalue weighted by Gasteiger charge is 2.26. The van der Waals surface area contributed by atoms with E-state index in [2.05, 4.69) is 10.3 Å². The van der Waals surface area contributed by atoms with Crippen LogP contribution in [0, 0.1) is 5.92 Å². The molecule has 8 heteroatoms. The topological polar surface area (TPSA) is 85.1 Å². The molecule has 0 aliphatic carbocycles. The summed E-state index contributed by atoms with van der Waals surface area (Å²) in [6.45, 7) is 3.81. The number of aromatic nitrogens is 1. The lowest BCUT2D eigenvalue weighted by Gasteiger charge is -2.17. The first-order chi connectivity index (χ1) is 9.86. The Labute approximate surface area is 135 Å². The van der Waals surface area contributed by atoms with Gasteiger partial charge in [0.1, 0.15) is 0 Å². The van der Waals surface area contributed by atoms with Crippen molar-refractivity contribution in [3.8, 4) is 0 Å². The fraction of sp³-hybridized carbons (Fsp3) is 0.308. The van der Waals surface area contributed by atoms with Crippen molar-refractivity contribution in [2.75, 3.05) is 0 Å². The molecule has 1 atom stereocenters. The Morgan fingerprint density at radius 1 is 1.43 bits per heavy atom. The van der Waals surface area contributed by atoms with Crippen molar-refractivity contribution in [2.45, 2.75) is 23.4 Å². The maximum absolute atomic E-state index is 12.0. The van der Waals surface area contributed by atoms with Gasteiger partial charge in [-0.3, -0.25) is 10.1 Å². The second-order valence-electron chi connectivity index (χ2n) is 4.73. The van der Waals surface area contributed by atoms with Crippen LogP contribution in [-0.2, 0) is 4.79 Å². The van der Waals surface area contributed by atoms with Crippen LogP contribution in [0.15, 0.2) is 22.5 Å². The molecular weight excluding hydrogens is 330 g/mol. The van der Waals surface area contributed by atoms with Gasteiger partial charge in [0.25, 0.3) is 0 Å². The second-order valence-corrected chi connectivity index (χ2v) is 7.58. The Morgan fingerprint density at radius 2 is 2.14 bits per heavy atom. The van der Waals surface area contributed by atoms with E-state index < -0.39 is 17.2 Å². The van der Waals surface area contributed by atoms with E-state index in [9.17, 15) is 9.59 Å². The molecule has 0 unspecified atom stereocenters. The van der Waals surface area contributed by atoms with Gasteiger partial charge in [-0.2, -0.15) is 0 Å². The summed E-state index contributed by atoms with van der Waals surface area (Å²) in [5.74, 6) is -0.371. The number of halogens is 1. The predicted molar refractivity (Wildman–Crippen MR) is 86.8 cm³/mol. The molecule has 21 heavy (non-hydrogen) atoms. The van der Waals surface area contributed by atoms with E-state index in [1.807, 2.05) is 19.9 Å². The summed E-state index contributed by atoms with van der Waals surface area (Å²) in [5.41, 5.74) is 5.79. The molecule has 2 aromatic rings. The largest absolute Gasteiger partial charge is 0.351 e. The molecule has 0 spiro atoms. The van der Waals surface area contributed by atoms with E-state index in [-0.39, 0.29) is 5.92 Å². The highest BCUT2D eigenvalue weighted by atomic mass is 35.5. The zero-order chi connectivity index (χ0) is 15.6. The molecule has 0 bridgehead atoms. The number of nitrogens with one attached hydrogen (secondary N) is 1. The first kappa shape index (κ1) is 16.1. The lowest BCUT2D eigenvalue weighted by molar-refractivity contribution is -0.120. The number of hydrogen-bond donors (Lipinski definition) is 2. The number of thiazole rings is 1. The predicted octanol–water partition coefficient (Wildman–Crippen LogP) is 3.26. The number of benzene rings is 1. The smallest absolute Gasteiger partial charge is 0.318 e. The van der Waals surface area contributed by atoms with Crippen molar-refractivity contribution < 1.29 is 9.59 Å². The van der Waals surface area contributed by atoms with E-state index in [1.165, 1.54) is 23.1 Å². The van der Waals surface area contributed by atoms with Crippen LogP contribution < -0.4 is 11.1 Å². The first-order valence-corrected chi connectivity index (χ1v) is 8.27. The van der Waals surface area contributed by atoms with Gasteiger partial charge in [0.15, 0.2) is 4.34 Å². The number of urea groups is 1. The van der Waals surface area contributed by atoms with Crippen LogP contribution in [0.3, 0.4) is 0 Å². The third-order valence-corrected chi connectivity index (χ3v) is 5.58. The third kappa shape index (κ3) is 4.09. The molecule has 1 heterocycles. The minimum Gasteiger partial charge on any atom is -0.351 e. The summed E-state index contributed by atoms with van der Waals surface area (Å²) in [7, 11) is 0. The number of nitrogens with zero attached hydrogens (tertiary/aromatic N) is 1. The molecule has 0 saturated carbocycles. The quantitative estimate of drug-likeness (QED) is 0.834. The zero-order valence-electron chi connectivity index (χ0n) is 11.4. The molecule has 2 rings (SSSR count). The monoisotopic (exact) mass is 343 g/mol. The standard InChI is InChI=1S/C13H14ClN3O2S2/c1-6(2)10(11(18)17-12(15)19)21-13-16-8-5-7(14)3-4-9(8)20-13/h3-6,10H,1-2H3,(H3,15,17,18,19)/t10-/m1/s1. The molecule has 0 radical (unpaired) electrons. The molecule has 0 aliphatic heterocycles. The van der Waals surface area contributed by atoms with Crippen molar-refractivity contribution in [3.63, 3.8) is 0 Å². The molecule has 0 aliphatic rings. The van der Waals surface area contributed by atoms with Crippen molar-refractivity contribution >= 4 is 56.9 Å². The lowest BCUT2D eigenvalue weighted by atomic mass is 10.1. The molecule has 0 fully saturated rings. The van der Waals surface area contributed by atoms with Gasteiger partial charge in [-0.1, -0.05) is 37.2 Å². The molecule has 112 valence electrons. The lowest BCUT2D eigenvalue weighted by Crippen LogP contribution is -2.42. The van der Waals surface area contributed by atoms with Gasteiger partial charge in [0.05, 0.1) is 15.5 Å². The maximum Gasteiger partial charge on any atom is 0.318 e. The summed E-state index contributed by atoms with van der Waals surface area (Å²) in [6, 6.07) is 4.64. The number of imide groups is 1. The van der Waals surface area contributed by atoms with Gasteiger partial charge < -0.3 is 5.73 Å². The maximum atomic E-state index is 12.0. The van der Waals surface area contributed by atoms with Crippen LogP contribution in [0.25, 0.3) is 10.2 Å². The summed E-state index contributed by atoms with van der Waals surface area (Å²) in [4.78, 5) is 27.3. The summed E-state index contributed by atoms with van der Waals surface area (Å²) in [5, 5.41) is 2.31. The Kier molecular flexibility index (Phi) is 5.08. The van der Waals surface area contributed by atoms with E-state index >= 15 is 0 Å². The van der Waals surface area contributed by atoms with Gasteiger partial charge >= 0.3 is 6.03 Å². The van der Waals surface area contributed by atoms with Crippen molar-refractivity contribution in [1.82, 2.24) is 10.3 Å². The van der Waals surface area contributed by atoms with Crippen molar-refractivity contribution in [1.29, 1.82) is 0 Å². The number of fused-ring (bicyclic) bond motifs is 1. The summed E-state index contributed by atoms with van der Waals surface area (Å²) in [6.07, 6.45) is 0. The number of rotatable bonds is 4. The third-order valence-electron chi connectivity index (χ3n) is 2.67. The number of hydrogen-bond acceptors (Lipinski definition) is 5. The fourth-order valence-electron chi connectivity index (χ4n) is 1.72. The van der Waals surface area contributed by atoms with Gasteiger partial charge in [0, 0.05) is 5.02 Å². The van der Waals surface area contributed by atoms with E-state index in [1.54, 1.807) is 12.1 Å². The molecular formula is C13H14ClN3O2S2. The van der Waals surface area contributed by atoms with Crippen LogP contribution in [0.4, 0.5) is 4.79 Å². The van der Waals surface area contributed by atoms with Gasteiger partial charge in [-0.05, 0) is 24.1 Å². The van der Waals surface area contributed by atoms with Crippen LogP contribution in [0.5, 0.6) is 0 Å². The number of amides is 3. The van der Waals surface area contributed by atoms with Crippen LogP contribution in [0.2, 0.25) is 5.02 Å². The Morgan fingerprint density at radius 3 is 2.76 bits per heavy atom. The highest BCUT2D eigenvalue weighted by Crippen LogP contribution is 2.35. The first-order valence-electron chi connectivity index (χ1n) is 6.20. The number of nitrogens with two attached hydrogens (primary N) is 1. The van der Waals surface area contributed by atoms with E-state index in [0.717, 1.165) is 14.6 Å². The number of primary amides is 1. The summed E-state index contributed by atoms with van der Waals surface area (Å²) >= 11 is 8.74. The minimum atomic E-state index is -0.845. The highest BCUT2D eigenvalue weighted by molar-refractivity contribution is 8.02. The van der Waals surface area contributed by atoms with Crippen molar-refractivity contribution in [2.24, 2.45) is 11.7 Å². The SMILES string of the molecule is CC(C)[C@@H](Sc1nc2cc(Cl)ccc2s1)C(=O)NC(N)=O. The number of thioether (sulfide) groups is 1. The fourth-order valence-corrected chi connectivity index (χ4v) is 4.15. The molecule has 0 saturated heterocycles. The van der Waals surface area contributed by atoms with Crippen LogP contribution in [0.1, 0.15) is 13.8 Å². The Hall–Kier alpha value is -1.31. The average molecular weight is 344 g/mol. The number of carbonyl (C=O) groups excluding carboxylic acids is 2. The Balaban J connectivity index is 2.22. The van der Waals surface area contributed by atoms with Crippen LogP contribution in [-0.4, -0.2) is 22.2 Å². The van der Waals surface area contributed by atoms with Gasteiger partial charge in [0.2, 0.25) is 5.91 Å². The second kappa shape index (κ2) is 6.64. The molecule has 5 nitrogen and oxygen atoms in total. The van der Waals surface area contributed by atoms with Crippen molar-refractivity contribution in [3.05, 3.63) is 23.2 Å². The van der Waals surface area contributed by atoms with Crippen LogP contribution >= 0.6 is 34.7 Å². The molecule has 3 amide bonds. The average Bonchev–Trinajstić information content (AvgIpc) is 2.76. The van der Waals surface area contributed by atoms with Gasteiger partial charge in [-0.15, -0.1) is 11.3 Å². The Bertz CT molecular complexity index is 687. The summed E-state index contributed by atoms with van der Waals surface area (Å²) < 4.78 is 1.75. The van der Waals surface area contributed by atoms with E-state index in [0.29, 0.717) is 5.02 Å². The molecule has 1 aromatic heterocycles. The van der Waals surface area contributed by atoms with E-state index in [4.69, 9.17) is 17.3 Å². The normalized spacial score (nSPS) is 12.6. The molecule has 3 N–H and O–H groups in total. The zero-order valence-corrected chi connectivity index (χ0v) is 13.8. The number of carbonyl (C=O) groups is 2.